The second kappa shape index (κ2) is 6.18. The first-order valence-electron chi connectivity index (χ1n) is 5.53. The highest BCUT2D eigenvalue weighted by Gasteiger charge is 2.17. The van der Waals surface area contributed by atoms with Gasteiger partial charge in [-0.25, -0.2) is 0 Å². The lowest BCUT2D eigenvalue weighted by molar-refractivity contribution is -0.120. The number of ketones is 1. The second-order valence-electron chi connectivity index (χ2n) is 4.81. The van der Waals surface area contributed by atoms with Gasteiger partial charge in [-0.05, 0) is 38.5 Å². The Morgan fingerprint density at radius 3 is 2.00 bits per heavy atom. The molecule has 0 aliphatic rings. The Kier molecular flexibility index (Phi) is 6.01. The van der Waals surface area contributed by atoms with Crippen LogP contribution in [0.3, 0.4) is 0 Å². The molecule has 0 unspecified atom stereocenters. The lowest BCUT2D eigenvalue weighted by Crippen LogP contribution is -2.18. The van der Waals surface area contributed by atoms with Crippen LogP contribution in [-0.2, 0) is 4.79 Å². The topological polar surface area (TPSA) is 37.3 Å². The van der Waals surface area contributed by atoms with Crippen molar-refractivity contribution in [3.63, 3.8) is 0 Å². The third-order valence-corrected chi connectivity index (χ3v) is 3.05. The summed E-state index contributed by atoms with van der Waals surface area (Å²) in [6.07, 6.45) is 1.69. The summed E-state index contributed by atoms with van der Waals surface area (Å²) in [5.41, 5.74) is 0. The average molecular weight is 200 g/mol. The molecule has 0 saturated carbocycles. The van der Waals surface area contributed by atoms with E-state index in [0.717, 1.165) is 12.8 Å². The van der Waals surface area contributed by atoms with Crippen LogP contribution in [0.1, 0.15) is 47.5 Å². The Bertz CT molecular complexity index is 175. The smallest absolute Gasteiger partial charge is 0.132 e. The van der Waals surface area contributed by atoms with Gasteiger partial charge in [0.1, 0.15) is 5.78 Å². The minimum atomic E-state index is -0.245. The molecule has 1 N–H and O–H groups in total. The predicted octanol–water partition coefficient (Wildman–Crippen LogP) is 2.64. The Morgan fingerprint density at radius 1 is 1.14 bits per heavy atom. The second-order valence-corrected chi connectivity index (χ2v) is 4.81. The van der Waals surface area contributed by atoms with E-state index in [-0.39, 0.29) is 17.8 Å². The van der Waals surface area contributed by atoms with Crippen LogP contribution in [0.4, 0.5) is 0 Å². The van der Waals surface area contributed by atoms with Crippen molar-refractivity contribution >= 4 is 5.78 Å². The van der Waals surface area contributed by atoms with Crippen molar-refractivity contribution in [2.24, 2.45) is 17.8 Å². The summed E-state index contributed by atoms with van der Waals surface area (Å²) in [5.74, 6) is 1.26. The molecule has 0 fully saturated rings. The van der Waals surface area contributed by atoms with Crippen LogP contribution in [0.5, 0.6) is 0 Å². The van der Waals surface area contributed by atoms with Crippen LogP contribution in [0.2, 0.25) is 0 Å². The number of aliphatic hydroxyl groups is 1. The molecule has 0 aromatic heterocycles. The highest BCUT2D eigenvalue weighted by molar-refractivity contribution is 5.77. The van der Waals surface area contributed by atoms with Crippen LogP contribution in [0.15, 0.2) is 0 Å². The van der Waals surface area contributed by atoms with E-state index < -0.39 is 0 Å². The van der Waals surface area contributed by atoms with E-state index in [0.29, 0.717) is 11.8 Å². The predicted molar refractivity (Wildman–Crippen MR) is 59.1 cm³/mol. The molecule has 2 nitrogen and oxygen atoms in total. The van der Waals surface area contributed by atoms with Gasteiger partial charge in [0.2, 0.25) is 0 Å². The van der Waals surface area contributed by atoms with Crippen LogP contribution in [0.25, 0.3) is 0 Å². The van der Waals surface area contributed by atoms with Crippen molar-refractivity contribution in [3.8, 4) is 0 Å². The van der Waals surface area contributed by atoms with Gasteiger partial charge in [0.05, 0.1) is 6.10 Å². The number of rotatable bonds is 6. The third kappa shape index (κ3) is 5.38. The summed E-state index contributed by atoms with van der Waals surface area (Å²) >= 11 is 0. The number of hydrogen-bond acceptors (Lipinski definition) is 2. The number of carbonyl (C=O) groups is 1. The van der Waals surface area contributed by atoms with Gasteiger partial charge in [0, 0.05) is 5.92 Å². The normalized spacial score (nSPS) is 19.9. The molecule has 0 aromatic carbocycles. The molecule has 0 amide bonds. The van der Waals surface area contributed by atoms with Crippen molar-refractivity contribution in [1.29, 1.82) is 0 Å². The van der Waals surface area contributed by atoms with E-state index in [1.165, 1.54) is 0 Å². The van der Waals surface area contributed by atoms with E-state index in [2.05, 4.69) is 13.8 Å². The molecule has 84 valence electrons. The summed E-state index contributed by atoms with van der Waals surface area (Å²) in [5, 5.41) is 9.35. The van der Waals surface area contributed by atoms with Crippen LogP contribution in [0, 0.1) is 17.8 Å². The van der Waals surface area contributed by atoms with Gasteiger partial charge in [-0.15, -0.1) is 0 Å². The van der Waals surface area contributed by atoms with Crippen molar-refractivity contribution in [1.82, 2.24) is 0 Å². The Hall–Kier alpha value is -0.370. The summed E-state index contributed by atoms with van der Waals surface area (Å²) in [7, 11) is 0. The standard InChI is InChI=1S/C12H24O2/c1-8(6-9(2)11(4)13)7-10(3)12(5)14/h8-11,13H,6-7H2,1-5H3/t8-,9+,10-,11-/m0/s1. The first kappa shape index (κ1) is 13.6. The Labute approximate surface area is 87.7 Å². The molecule has 0 heterocycles. The molecule has 0 rings (SSSR count). The van der Waals surface area contributed by atoms with Crippen molar-refractivity contribution in [2.45, 2.75) is 53.6 Å². The molecular formula is C12H24O2. The largest absolute Gasteiger partial charge is 0.393 e. The third-order valence-electron chi connectivity index (χ3n) is 3.05. The van der Waals surface area contributed by atoms with Crippen LogP contribution in [-0.4, -0.2) is 17.0 Å². The van der Waals surface area contributed by atoms with Crippen LogP contribution < -0.4 is 0 Å². The van der Waals surface area contributed by atoms with E-state index >= 15 is 0 Å². The molecule has 0 spiro atoms. The van der Waals surface area contributed by atoms with Crippen molar-refractivity contribution in [2.75, 3.05) is 0 Å². The maximum atomic E-state index is 11.0. The zero-order chi connectivity index (χ0) is 11.3. The van der Waals surface area contributed by atoms with Gasteiger partial charge in [0.25, 0.3) is 0 Å². The summed E-state index contributed by atoms with van der Waals surface area (Å²) < 4.78 is 0. The summed E-state index contributed by atoms with van der Waals surface area (Å²) in [4.78, 5) is 11.0. The van der Waals surface area contributed by atoms with Crippen LogP contribution >= 0.6 is 0 Å². The molecule has 0 aromatic rings. The summed E-state index contributed by atoms with van der Waals surface area (Å²) in [6.45, 7) is 9.66. The van der Waals surface area contributed by atoms with E-state index in [9.17, 15) is 9.90 Å². The van der Waals surface area contributed by atoms with Gasteiger partial charge in [-0.1, -0.05) is 20.8 Å². The molecule has 14 heavy (non-hydrogen) atoms. The van der Waals surface area contributed by atoms with E-state index in [1.807, 2.05) is 13.8 Å². The first-order chi connectivity index (χ1) is 6.34. The fraction of sp³-hybridized carbons (Fsp3) is 0.917. The molecule has 0 saturated heterocycles. The Morgan fingerprint density at radius 2 is 1.64 bits per heavy atom. The molecule has 2 heteroatoms. The first-order valence-corrected chi connectivity index (χ1v) is 5.53. The highest BCUT2D eigenvalue weighted by Crippen LogP contribution is 2.21. The van der Waals surface area contributed by atoms with Gasteiger partial charge in [0.15, 0.2) is 0 Å². The number of hydrogen-bond donors (Lipinski definition) is 1. The van der Waals surface area contributed by atoms with Gasteiger partial charge in [-0.2, -0.15) is 0 Å². The lowest BCUT2D eigenvalue weighted by atomic mass is 9.86. The minimum Gasteiger partial charge on any atom is -0.393 e. The quantitative estimate of drug-likeness (QED) is 0.715. The molecular weight excluding hydrogens is 176 g/mol. The monoisotopic (exact) mass is 200 g/mol. The average Bonchev–Trinajstić information content (AvgIpc) is 2.03. The maximum Gasteiger partial charge on any atom is 0.132 e. The van der Waals surface area contributed by atoms with Gasteiger partial charge >= 0.3 is 0 Å². The lowest BCUT2D eigenvalue weighted by Gasteiger charge is -2.21. The molecule has 4 atom stereocenters. The molecule has 0 bridgehead atoms. The van der Waals surface area contributed by atoms with Gasteiger partial charge < -0.3 is 5.11 Å². The molecule has 0 aliphatic carbocycles. The maximum absolute atomic E-state index is 11.0. The fourth-order valence-electron chi connectivity index (χ4n) is 1.70. The van der Waals surface area contributed by atoms with E-state index in [4.69, 9.17) is 0 Å². The van der Waals surface area contributed by atoms with Crippen molar-refractivity contribution < 1.29 is 9.90 Å². The SMILES string of the molecule is CC(=O)[C@@H](C)C[C@@H](C)C[C@@H](C)[C@H](C)O. The van der Waals surface area contributed by atoms with Gasteiger partial charge in [-0.3, -0.25) is 4.79 Å². The number of carbonyl (C=O) groups excluding carboxylic acids is 1. The number of Topliss-reactive ketones (excluding diaryl/α,β-unsaturated/α-hetero) is 1. The van der Waals surface area contributed by atoms with E-state index in [1.54, 1.807) is 6.92 Å². The number of aliphatic hydroxyl groups excluding tert-OH is 1. The van der Waals surface area contributed by atoms with Crippen molar-refractivity contribution in [3.05, 3.63) is 0 Å². The molecule has 0 radical (unpaired) electrons. The Balaban J connectivity index is 3.86. The molecule has 0 aliphatic heterocycles. The zero-order valence-corrected chi connectivity index (χ0v) is 10.1. The minimum absolute atomic E-state index is 0.159. The fourth-order valence-corrected chi connectivity index (χ4v) is 1.70. The highest BCUT2D eigenvalue weighted by atomic mass is 16.3. The summed E-state index contributed by atoms with van der Waals surface area (Å²) in [6, 6.07) is 0. The zero-order valence-electron chi connectivity index (χ0n) is 10.1.